The molecule has 1 fully saturated rings. The van der Waals surface area contributed by atoms with Gasteiger partial charge in [-0.3, -0.25) is 4.79 Å². The maximum atomic E-state index is 12.5. The number of carbonyl (C=O) groups is 1. The van der Waals surface area contributed by atoms with Crippen LogP contribution in [0.5, 0.6) is 0 Å². The zero-order chi connectivity index (χ0) is 15.4. The van der Waals surface area contributed by atoms with Crippen LogP contribution in [-0.2, 0) is 11.2 Å². The molecular formula is C15H26N4O2. The van der Waals surface area contributed by atoms with Crippen molar-refractivity contribution >= 4 is 5.91 Å². The number of piperidine rings is 1. The van der Waals surface area contributed by atoms with Gasteiger partial charge in [-0.15, -0.1) is 0 Å². The van der Waals surface area contributed by atoms with Crippen molar-refractivity contribution in [2.24, 2.45) is 17.6 Å². The van der Waals surface area contributed by atoms with E-state index in [-0.39, 0.29) is 17.9 Å². The molecule has 6 heteroatoms. The van der Waals surface area contributed by atoms with E-state index in [1.165, 1.54) is 0 Å². The van der Waals surface area contributed by atoms with Crippen LogP contribution in [0.15, 0.2) is 4.52 Å². The Balaban J connectivity index is 1.92. The van der Waals surface area contributed by atoms with Gasteiger partial charge in [-0.05, 0) is 24.7 Å². The second kappa shape index (κ2) is 7.02. The Morgan fingerprint density at radius 2 is 2.33 bits per heavy atom. The molecule has 0 saturated carbocycles. The lowest BCUT2D eigenvalue weighted by Crippen LogP contribution is -2.50. The Bertz CT molecular complexity index is 474. The van der Waals surface area contributed by atoms with E-state index in [1.807, 2.05) is 11.8 Å². The Labute approximate surface area is 126 Å². The summed E-state index contributed by atoms with van der Waals surface area (Å²) < 4.78 is 5.00. The minimum Gasteiger partial charge on any atom is -0.341 e. The summed E-state index contributed by atoms with van der Waals surface area (Å²) in [6.07, 6.45) is 3.79. The Hall–Kier alpha value is -1.43. The fourth-order valence-corrected chi connectivity index (χ4v) is 2.82. The monoisotopic (exact) mass is 294 g/mol. The average molecular weight is 294 g/mol. The van der Waals surface area contributed by atoms with Crippen molar-refractivity contribution < 1.29 is 9.32 Å². The van der Waals surface area contributed by atoms with Crippen molar-refractivity contribution in [3.05, 3.63) is 11.7 Å². The molecule has 3 unspecified atom stereocenters. The summed E-state index contributed by atoms with van der Waals surface area (Å²) >= 11 is 0. The molecule has 1 aromatic heterocycles. The molecule has 1 amide bonds. The smallest absolute Gasteiger partial charge is 0.239 e. The first kappa shape index (κ1) is 15.9. The minimum atomic E-state index is -0.388. The van der Waals surface area contributed by atoms with Gasteiger partial charge in [-0.2, -0.15) is 4.98 Å². The van der Waals surface area contributed by atoms with Gasteiger partial charge in [0.2, 0.25) is 11.8 Å². The number of likely N-dealkylation sites (tertiary alicyclic amines) is 1. The summed E-state index contributed by atoms with van der Waals surface area (Å²) in [7, 11) is 0. The van der Waals surface area contributed by atoms with Crippen LogP contribution < -0.4 is 5.73 Å². The molecule has 1 saturated heterocycles. The van der Waals surface area contributed by atoms with Gasteiger partial charge in [0, 0.05) is 26.4 Å². The van der Waals surface area contributed by atoms with Gasteiger partial charge in [-0.1, -0.05) is 25.4 Å². The van der Waals surface area contributed by atoms with Crippen molar-refractivity contribution in [2.75, 3.05) is 13.1 Å². The molecule has 6 nitrogen and oxygen atoms in total. The number of hydrogen-bond acceptors (Lipinski definition) is 5. The molecule has 1 aromatic rings. The zero-order valence-electron chi connectivity index (χ0n) is 13.2. The predicted molar refractivity (Wildman–Crippen MR) is 79.5 cm³/mol. The van der Waals surface area contributed by atoms with E-state index in [0.29, 0.717) is 11.8 Å². The topological polar surface area (TPSA) is 85.3 Å². The third-order valence-corrected chi connectivity index (χ3v) is 4.41. The first-order chi connectivity index (χ1) is 10.0. The number of nitrogens with zero attached hydrogens (tertiary/aromatic N) is 3. The maximum Gasteiger partial charge on any atom is 0.239 e. The van der Waals surface area contributed by atoms with Crippen LogP contribution in [0, 0.1) is 18.8 Å². The highest BCUT2D eigenvalue weighted by atomic mass is 16.5. The minimum absolute atomic E-state index is 0.0818. The number of hydrogen-bond donors (Lipinski definition) is 1. The molecule has 0 spiro atoms. The van der Waals surface area contributed by atoms with Gasteiger partial charge in [0.05, 0.1) is 6.04 Å². The van der Waals surface area contributed by atoms with Gasteiger partial charge < -0.3 is 15.2 Å². The number of aryl methyl sites for hydroxylation is 1. The van der Waals surface area contributed by atoms with Crippen molar-refractivity contribution in [3.8, 4) is 0 Å². The van der Waals surface area contributed by atoms with E-state index in [1.54, 1.807) is 6.92 Å². The fraction of sp³-hybridized carbons (Fsp3) is 0.800. The number of nitrogens with two attached hydrogens (primary N) is 1. The van der Waals surface area contributed by atoms with E-state index in [0.717, 1.165) is 44.6 Å². The molecule has 0 aromatic carbocycles. The number of carbonyl (C=O) groups excluding carboxylic acids is 1. The van der Waals surface area contributed by atoms with Crippen molar-refractivity contribution in [1.29, 1.82) is 0 Å². The summed E-state index contributed by atoms with van der Waals surface area (Å²) in [5, 5.41) is 3.94. The predicted octanol–water partition coefficient (Wildman–Crippen LogP) is 1.53. The second-order valence-electron chi connectivity index (χ2n) is 6.14. The zero-order valence-corrected chi connectivity index (χ0v) is 13.2. The first-order valence-corrected chi connectivity index (χ1v) is 7.84. The van der Waals surface area contributed by atoms with Gasteiger partial charge >= 0.3 is 0 Å². The van der Waals surface area contributed by atoms with E-state index >= 15 is 0 Å². The van der Waals surface area contributed by atoms with Crippen LogP contribution in [0.25, 0.3) is 0 Å². The molecule has 0 radical (unpaired) electrons. The standard InChI is InChI=1S/C15H26N4O2/c1-4-10(2)14(16)15(20)19-7-5-6-12(9-19)8-13-17-11(3)21-18-13/h10,12,14H,4-9,16H2,1-3H3. The molecule has 2 N–H and O–H groups in total. The Kier molecular flexibility index (Phi) is 5.33. The van der Waals surface area contributed by atoms with Crippen LogP contribution >= 0.6 is 0 Å². The van der Waals surface area contributed by atoms with Crippen molar-refractivity contribution in [2.45, 2.75) is 52.5 Å². The molecule has 1 aliphatic heterocycles. The van der Waals surface area contributed by atoms with Crippen molar-refractivity contribution in [3.63, 3.8) is 0 Å². The lowest BCUT2D eigenvalue weighted by atomic mass is 9.92. The van der Waals surface area contributed by atoms with Crippen molar-refractivity contribution in [1.82, 2.24) is 15.0 Å². The van der Waals surface area contributed by atoms with Crippen LogP contribution in [0.4, 0.5) is 0 Å². The summed E-state index contributed by atoms with van der Waals surface area (Å²) in [5.74, 6) is 2.02. The summed E-state index contributed by atoms with van der Waals surface area (Å²) in [5.41, 5.74) is 6.07. The number of aromatic nitrogens is 2. The molecule has 3 atom stereocenters. The summed E-state index contributed by atoms with van der Waals surface area (Å²) in [6.45, 7) is 7.45. The lowest BCUT2D eigenvalue weighted by Gasteiger charge is -2.35. The summed E-state index contributed by atoms with van der Waals surface area (Å²) in [6, 6.07) is -0.388. The molecule has 2 rings (SSSR count). The van der Waals surface area contributed by atoms with E-state index < -0.39 is 0 Å². The lowest BCUT2D eigenvalue weighted by molar-refractivity contribution is -0.135. The highest BCUT2D eigenvalue weighted by Crippen LogP contribution is 2.21. The molecular weight excluding hydrogens is 268 g/mol. The number of rotatable bonds is 5. The first-order valence-electron chi connectivity index (χ1n) is 7.84. The van der Waals surface area contributed by atoms with E-state index in [2.05, 4.69) is 17.1 Å². The molecule has 1 aliphatic rings. The van der Waals surface area contributed by atoms with Crippen LogP contribution in [0.2, 0.25) is 0 Å². The van der Waals surface area contributed by atoms with Gasteiger partial charge in [0.1, 0.15) is 0 Å². The van der Waals surface area contributed by atoms with Crippen LogP contribution in [0.3, 0.4) is 0 Å². The van der Waals surface area contributed by atoms with E-state index in [4.69, 9.17) is 10.3 Å². The normalized spacial score (nSPS) is 22.1. The van der Waals surface area contributed by atoms with E-state index in [9.17, 15) is 4.79 Å². The van der Waals surface area contributed by atoms with Crippen LogP contribution in [-0.4, -0.2) is 40.1 Å². The summed E-state index contributed by atoms with van der Waals surface area (Å²) in [4.78, 5) is 18.6. The highest BCUT2D eigenvalue weighted by Gasteiger charge is 2.29. The molecule has 0 aliphatic carbocycles. The SMILES string of the molecule is CCC(C)C(N)C(=O)N1CCCC(Cc2noc(C)n2)C1. The molecule has 0 bridgehead atoms. The average Bonchev–Trinajstić information content (AvgIpc) is 2.90. The van der Waals surface area contributed by atoms with Crippen LogP contribution in [0.1, 0.15) is 44.8 Å². The largest absolute Gasteiger partial charge is 0.341 e. The van der Waals surface area contributed by atoms with Gasteiger partial charge in [-0.25, -0.2) is 0 Å². The highest BCUT2D eigenvalue weighted by molar-refractivity contribution is 5.82. The van der Waals surface area contributed by atoms with Gasteiger partial charge in [0.15, 0.2) is 5.82 Å². The molecule has 118 valence electrons. The number of amides is 1. The Morgan fingerprint density at radius 3 is 2.95 bits per heavy atom. The second-order valence-corrected chi connectivity index (χ2v) is 6.14. The maximum absolute atomic E-state index is 12.5. The molecule has 21 heavy (non-hydrogen) atoms. The fourth-order valence-electron chi connectivity index (χ4n) is 2.82. The Morgan fingerprint density at radius 1 is 1.57 bits per heavy atom. The van der Waals surface area contributed by atoms with Gasteiger partial charge in [0.25, 0.3) is 0 Å². The third-order valence-electron chi connectivity index (χ3n) is 4.41. The third kappa shape index (κ3) is 4.03. The quantitative estimate of drug-likeness (QED) is 0.890. The molecule has 2 heterocycles.